The molecular weight excluding hydrogens is 336 g/mol. The number of nitrogens with one attached hydrogen (secondary N) is 2. The van der Waals surface area contributed by atoms with E-state index in [-0.39, 0.29) is 6.03 Å². The zero-order valence-corrected chi connectivity index (χ0v) is 14.4. The third kappa shape index (κ3) is 5.09. The molecule has 0 fully saturated rings. The highest BCUT2D eigenvalue weighted by atomic mass is 35.5. The summed E-state index contributed by atoms with van der Waals surface area (Å²) in [5.74, 6) is 0. The number of hydrogen-bond acceptors (Lipinski definition) is 2. The van der Waals surface area contributed by atoms with Crippen LogP contribution in [0.1, 0.15) is 16.7 Å². The summed E-state index contributed by atoms with van der Waals surface area (Å²) in [7, 11) is 0. The van der Waals surface area contributed by atoms with Crippen molar-refractivity contribution in [1.29, 1.82) is 0 Å². The van der Waals surface area contributed by atoms with Crippen molar-refractivity contribution in [2.24, 2.45) is 0 Å². The smallest absolute Gasteiger partial charge is 0.315 e. The fraction of sp³-hybridized carbons (Fsp3) is 0.158. The Kier molecular flexibility index (Phi) is 5.69. The Morgan fingerprint density at radius 2 is 1.68 bits per heavy atom. The van der Waals surface area contributed by atoms with Gasteiger partial charge in [0, 0.05) is 30.5 Å². The lowest BCUT2D eigenvalue weighted by atomic mass is 10.1. The summed E-state index contributed by atoms with van der Waals surface area (Å²) in [6.07, 6.45) is 3.67. The second kappa shape index (κ2) is 8.35. The number of nitrogens with zero attached hydrogens (tertiary/aromatic N) is 2. The number of amides is 2. The molecule has 0 unspecified atom stereocenters. The van der Waals surface area contributed by atoms with Crippen LogP contribution in [0.25, 0.3) is 0 Å². The zero-order chi connectivity index (χ0) is 17.5. The van der Waals surface area contributed by atoms with Gasteiger partial charge >= 0.3 is 6.03 Å². The second-order valence-electron chi connectivity index (χ2n) is 5.64. The first-order chi connectivity index (χ1) is 12.2. The highest BCUT2D eigenvalue weighted by molar-refractivity contribution is 6.30. The molecule has 128 valence electrons. The van der Waals surface area contributed by atoms with Crippen molar-refractivity contribution in [3.8, 4) is 0 Å². The van der Waals surface area contributed by atoms with Crippen molar-refractivity contribution >= 4 is 17.6 Å². The minimum atomic E-state index is -0.205. The molecule has 1 heterocycles. The van der Waals surface area contributed by atoms with Crippen LogP contribution in [0.5, 0.6) is 0 Å². The molecule has 0 bridgehead atoms. The van der Waals surface area contributed by atoms with Crippen LogP contribution < -0.4 is 10.6 Å². The highest BCUT2D eigenvalue weighted by Crippen LogP contribution is 2.11. The van der Waals surface area contributed by atoms with E-state index in [1.54, 1.807) is 6.20 Å². The van der Waals surface area contributed by atoms with E-state index in [4.69, 9.17) is 11.6 Å². The van der Waals surface area contributed by atoms with Crippen LogP contribution in [0.3, 0.4) is 0 Å². The quantitative estimate of drug-likeness (QED) is 0.710. The number of carbonyl (C=O) groups is 1. The van der Waals surface area contributed by atoms with Crippen molar-refractivity contribution in [1.82, 2.24) is 20.4 Å². The van der Waals surface area contributed by atoms with Gasteiger partial charge in [-0.05, 0) is 34.9 Å². The largest absolute Gasteiger partial charge is 0.334 e. The molecule has 2 aromatic carbocycles. The molecule has 0 aliphatic heterocycles. The van der Waals surface area contributed by atoms with Gasteiger partial charge in [-0.3, -0.25) is 4.68 Å². The van der Waals surface area contributed by atoms with Crippen LogP contribution in [0.4, 0.5) is 4.79 Å². The molecule has 25 heavy (non-hydrogen) atoms. The predicted molar refractivity (Wildman–Crippen MR) is 98.3 cm³/mol. The van der Waals surface area contributed by atoms with E-state index in [9.17, 15) is 4.79 Å². The molecule has 3 aromatic rings. The molecular formula is C19H19ClN4O. The van der Waals surface area contributed by atoms with Gasteiger partial charge in [-0.1, -0.05) is 48.0 Å². The first-order valence-electron chi connectivity index (χ1n) is 8.01. The number of aromatic nitrogens is 2. The van der Waals surface area contributed by atoms with E-state index in [2.05, 4.69) is 15.7 Å². The lowest BCUT2D eigenvalue weighted by Gasteiger charge is -2.12. The lowest BCUT2D eigenvalue weighted by Crippen LogP contribution is -2.34. The molecule has 0 aliphatic rings. The molecule has 0 aliphatic carbocycles. The molecule has 2 N–H and O–H groups in total. The van der Waals surface area contributed by atoms with E-state index in [0.29, 0.717) is 24.7 Å². The van der Waals surface area contributed by atoms with Crippen molar-refractivity contribution < 1.29 is 4.79 Å². The fourth-order valence-corrected chi connectivity index (χ4v) is 2.60. The Bertz CT molecular complexity index is 816. The molecule has 0 atom stereocenters. The summed E-state index contributed by atoms with van der Waals surface area (Å²) in [4.78, 5) is 12.0. The summed E-state index contributed by atoms with van der Waals surface area (Å²) in [5, 5.41) is 10.6. The van der Waals surface area contributed by atoms with Gasteiger partial charge in [0.05, 0.1) is 6.54 Å². The summed E-state index contributed by atoms with van der Waals surface area (Å²) < 4.78 is 1.86. The Balaban J connectivity index is 1.52. The lowest BCUT2D eigenvalue weighted by molar-refractivity contribution is 0.240. The van der Waals surface area contributed by atoms with Gasteiger partial charge in [0.25, 0.3) is 0 Å². The zero-order valence-electron chi connectivity index (χ0n) is 13.7. The molecule has 0 radical (unpaired) electrons. The average Bonchev–Trinajstić information content (AvgIpc) is 3.13. The van der Waals surface area contributed by atoms with Crippen LogP contribution in [-0.2, 0) is 19.6 Å². The fourth-order valence-electron chi connectivity index (χ4n) is 2.48. The van der Waals surface area contributed by atoms with E-state index in [1.807, 2.05) is 65.5 Å². The summed E-state index contributed by atoms with van der Waals surface area (Å²) in [6.45, 7) is 1.60. The number of carbonyl (C=O) groups excluding carboxylic acids is 1. The minimum Gasteiger partial charge on any atom is -0.334 e. The molecule has 2 amide bonds. The van der Waals surface area contributed by atoms with Gasteiger partial charge in [0.2, 0.25) is 0 Å². The van der Waals surface area contributed by atoms with Crippen LogP contribution in [-0.4, -0.2) is 15.8 Å². The van der Waals surface area contributed by atoms with E-state index in [1.165, 1.54) is 0 Å². The Morgan fingerprint density at radius 3 is 2.40 bits per heavy atom. The number of rotatable bonds is 6. The van der Waals surface area contributed by atoms with Crippen molar-refractivity contribution in [2.45, 2.75) is 19.6 Å². The molecule has 3 rings (SSSR count). The summed E-state index contributed by atoms with van der Waals surface area (Å²) in [5.41, 5.74) is 3.20. The average molecular weight is 355 g/mol. The molecule has 5 nitrogen and oxygen atoms in total. The monoisotopic (exact) mass is 354 g/mol. The van der Waals surface area contributed by atoms with Crippen molar-refractivity contribution in [3.05, 3.63) is 88.7 Å². The highest BCUT2D eigenvalue weighted by Gasteiger charge is 2.05. The van der Waals surface area contributed by atoms with E-state index in [0.717, 1.165) is 16.7 Å². The standard InChI is InChI=1S/C19H19ClN4O/c20-18-8-6-15(7-9-18)12-21-19(25)22-13-16-4-1-2-5-17(16)14-24-11-3-10-23-24/h1-11H,12-14H2,(H2,21,22,25). The molecule has 6 heteroatoms. The molecule has 1 aromatic heterocycles. The summed E-state index contributed by atoms with van der Waals surface area (Å²) in [6, 6.07) is 17.1. The van der Waals surface area contributed by atoms with Crippen LogP contribution in [0.15, 0.2) is 67.0 Å². The molecule has 0 spiro atoms. The second-order valence-corrected chi connectivity index (χ2v) is 6.07. The van der Waals surface area contributed by atoms with Gasteiger partial charge in [-0.15, -0.1) is 0 Å². The maximum atomic E-state index is 12.0. The molecule has 0 saturated heterocycles. The van der Waals surface area contributed by atoms with E-state index >= 15 is 0 Å². The van der Waals surface area contributed by atoms with Crippen LogP contribution in [0.2, 0.25) is 5.02 Å². The Hall–Kier alpha value is -2.79. The van der Waals surface area contributed by atoms with Gasteiger partial charge in [0.1, 0.15) is 0 Å². The van der Waals surface area contributed by atoms with Crippen LogP contribution >= 0.6 is 11.6 Å². The maximum absolute atomic E-state index is 12.0. The third-order valence-electron chi connectivity index (χ3n) is 3.82. The summed E-state index contributed by atoms with van der Waals surface area (Å²) >= 11 is 5.85. The topological polar surface area (TPSA) is 59.0 Å². The first-order valence-corrected chi connectivity index (χ1v) is 8.39. The maximum Gasteiger partial charge on any atom is 0.315 e. The number of urea groups is 1. The Morgan fingerprint density at radius 1 is 0.960 bits per heavy atom. The van der Waals surface area contributed by atoms with E-state index < -0.39 is 0 Å². The third-order valence-corrected chi connectivity index (χ3v) is 4.07. The van der Waals surface area contributed by atoms with Gasteiger partial charge in [-0.2, -0.15) is 5.10 Å². The number of hydrogen-bond donors (Lipinski definition) is 2. The van der Waals surface area contributed by atoms with Gasteiger partial charge < -0.3 is 10.6 Å². The first kappa shape index (κ1) is 17.0. The van der Waals surface area contributed by atoms with Gasteiger partial charge in [0.15, 0.2) is 0 Å². The van der Waals surface area contributed by atoms with Crippen molar-refractivity contribution in [3.63, 3.8) is 0 Å². The van der Waals surface area contributed by atoms with Crippen LogP contribution in [0, 0.1) is 0 Å². The van der Waals surface area contributed by atoms with Gasteiger partial charge in [-0.25, -0.2) is 4.79 Å². The number of benzene rings is 2. The predicted octanol–water partition coefficient (Wildman–Crippen LogP) is 3.58. The SMILES string of the molecule is O=C(NCc1ccc(Cl)cc1)NCc1ccccc1Cn1cccn1. The number of halogens is 1. The molecule has 0 saturated carbocycles. The Labute approximate surface area is 151 Å². The van der Waals surface area contributed by atoms with Crippen molar-refractivity contribution in [2.75, 3.05) is 0 Å². The normalized spacial score (nSPS) is 10.4. The minimum absolute atomic E-state index is 0.205.